The molecular weight excluding hydrogens is 164 g/mol. The zero-order valence-electron chi connectivity index (χ0n) is 8.71. The first kappa shape index (κ1) is 12.2. The van der Waals surface area contributed by atoms with E-state index in [4.69, 9.17) is 4.74 Å². The number of rotatable bonds is 7. The van der Waals surface area contributed by atoms with Crippen LogP contribution in [0.5, 0.6) is 0 Å². The molecule has 0 rings (SSSR count). The van der Waals surface area contributed by atoms with Gasteiger partial charge in [-0.05, 0) is 19.3 Å². The second-order valence-electron chi connectivity index (χ2n) is 2.99. The van der Waals surface area contributed by atoms with Gasteiger partial charge < -0.3 is 4.74 Å². The third-order valence-corrected chi connectivity index (χ3v) is 1.68. The molecule has 0 aliphatic carbocycles. The first-order valence-corrected chi connectivity index (χ1v) is 5.11. The summed E-state index contributed by atoms with van der Waals surface area (Å²) in [4.78, 5) is 11.0. The minimum atomic E-state index is -0.0748. The van der Waals surface area contributed by atoms with Crippen LogP contribution in [-0.4, -0.2) is 12.6 Å². The highest BCUT2D eigenvalue weighted by atomic mass is 16.5. The molecule has 2 heteroatoms. The van der Waals surface area contributed by atoms with Crippen molar-refractivity contribution in [2.24, 2.45) is 0 Å². The number of allylic oxidation sites excluding steroid dienone is 2. The predicted molar refractivity (Wildman–Crippen MR) is 54.5 cm³/mol. The highest BCUT2D eigenvalue weighted by molar-refractivity contribution is 5.69. The third kappa shape index (κ3) is 9.12. The summed E-state index contributed by atoms with van der Waals surface area (Å²) in [6, 6.07) is 0. The molecule has 0 N–H and O–H groups in total. The molecule has 76 valence electrons. The Hall–Kier alpha value is -0.790. The van der Waals surface area contributed by atoms with Crippen LogP contribution in [0.1, 0.15) is 46.0 Å². The van der Waals surface area contributed by atoms with Crippen LogP contribution in [0.15, 0.2) is 12.2 Å². The van der Waals surface area contributed by atoms with Gasteiger partial charge in [0.25, 0.3) is 0 Å². The summed E-state index contributed by atoms with van der Waals surface area (Å²) < 4.78 is 4.99. The highest BCUT2D eigenvalue weighted by Crippen LogP contribution is 1.97. The highest BCUT2D eigenvalue weighted by Gasteiger charge is 1.99. The van der Waals surface area contributed by atoms with E-state index in [0.717, 1.165) is 25.7 Å². The van der Waals surface area contributed by atoms with Gasteiger partial charge in [-0.25, -0.2) is 0 Å². The minimum Gasteiger partial charge on any atom is -0.466 e. The number of hydrogen-bond donors (Lipinski definition) is 0. The largest absolute Gasteiger partial charge is 0.466 e. The number of ether oxygens (including phenoxy) is 1. The Balaban J connectivity index is 3.25. The van der Waals surface area contributed by atoms with Gasteiger partial charge in [0.1, 0.15) is 0 Å². The van der Waals surface area contributed by atoms with Crippen molar-refractivity contribution in [1.29, 1.82) is 0 Å². The Labute approximate surface area is 81.0 Å². The van der Waals surface area contributed by atoms with Gasteiger partial charge in [-0.15, -0.1) is 0 Å². The lowest BCUT2D eigenvalue weighted by molar-refractivity contribution is -0.143. The molecule has 0 radical (unpaired) electrons. The molecule has 0 fully saturated rings. The molecule has 0 saturated carbocycles. The molecule has 0 aromatic heterocycles. The minimum absolute atomic E-state index is 0.0748. The molecule has 0 heterocycles. The first-order chi connectivity index (χ1) is 6.31. The van der Waals surface area contributed by atoms with Crippen LogP contribution in [0.2, 0.25) is 0 Å². The zero-order chi connectivity index (χ0) is 9.94. The Morgan fingerprint density at radius 3 is 2.69 bits per heavy atom. The van der Waals surface area contributed by atoms with Crippen LogP contribution in [0.3, 0.4) is 0 Å². The van der Waals surface area contributed by atoms with E-state index < -0.39 is 0 Å². The Morgan fingerprint density at radius 1 is 1.31 bits per heavy atom. The van der Waals surface area contributed by atoms with E-state index in [1.54, 1.807) is 0 Å². The fourth-order valence-electron chi connectivity index (χ4n) is 0.888. The predicted octanol–water partition coefficient (Wildman–Crippen LogP) is 3.08. The van der Waals surface area contributed by atoms with E-state index in [1.807, 2.05) is 6.08 Å². The third-order valence-electron chi connectivity index (χ3n) is 1.68. The molecule has 0 saturated heterocycles. The van der Waals surface area contributed by atoms with Gasteiger partial charge in [-0.1, -0.05) is 32.4 Å². The first-order valence-electron chi connectivity index (χ1n) is 5.11. The molecule has 0 aliphatic heterocycles. The fourth-order valence-corrected chi connectivity index (χ4v) is 0.888. The van der Waals surface area contributed by atoms with E-state index in [9.17, 15) is 4.79 Å². The summed E-state index contributed by atoms with van der Waals surface area (Å²) in [6.07, 6.45) is 8.49. The van der Waals surface area contributed by atoms with Crippen molar-refractivity contribution in [3.8, 4) is 0 Å². The molecule has 0 unspecified atom stereocenters. The standard InChI is InChI=1S/C11H20O2/c1-3-5-7-8-9-11(12)13-10-6-4-2/h5,7H,3-4,6,8-10H2,1-2H3/b7-5+. The number of carbonyl (C=O) groups is 1. The average molecular weight is 184 g/mol. The van der Waals surface area contributed by atoms with E-state index in [-0.39, 0.29) is 5.97 Å². The van der Waals surface area contributed by atoms with Crippen LogP contribution in [0.4, 0.5) is 0 Å². The summed E-state index contributed by atoms with van der Waals surface area (Å²) in [7, 11) is 0. The second kappa shape index (κ2) is 9.30. The number of unbranched alkanes of at least 4 members (excludes halogenated alkanes) is 1. The van der Waals surface area contributed by atoms with Crippen molar-refractivity contribution in [2.45, 2.75) is 46.0 Å². The lowest BCUT2D eigenvalue weighted by Crippen LogP contribution is -2.04. The maximum absolute atomic E-state index is 11.0. The lowest BCUT2D eigenvalue weighted by atomic mass is 10.3. The van der Waals surface area contributed by atoms with Crippen LogP contribution < -0.4 is 0 Å². The molecular formula is C11H20O2. The molecule has 0 aromatic carbocycles. The molecule has 13 heavy (non-hydrogen) atoms. The van der Waals surface area contributed by atoms with Crippen molar-refractivity contribution < 1.29 is 9.53 Å². The fraction of sp³-hybridized carbons (Fsp3) is 0.727. The molecule has 0 aromatic rings. The van der Waals surface area contributed by atoms with E-state index in [1.165, 1.54) is 0 Å². The Kier molecular flexibility index (Phi) is 8.73. The molecule has 0 bridgehead atoms. The van der Waals surface area contributed by atoms with E-state index in [0.29, 0.717) is 13.0 Å². The maximum Gasteiger partial charge on any atom is 0.306 e. The van der Waals surface area contributed by atoms with Crippen molar-refractivity contribution in [1.82, 2.24) is 0 Å². The van der Waals surface area contributed by atoms with Gasteiger partial charge in [0.05, 0.1) is 6.61 Å². The normalized spacial score (nSPS) is 10.6. The Morgan fingerprint density at radius 2 is 2.08 bits per heavy atom. The summed E-state index contributed by atoms with van der Waals surface area (Å²) in [5.74, 6) is -0.0748. The van der Waals surface area contributed by atoms with Gasteiger partial charge in [0, 0.05) is 6.42 Å². The SMILES string of the molecule is CC/C=C/CCC(=O)OCCCC. The lowest BCUT2D eigenvalue weighted by Gasteiger charge is -2.01. The molecule has 0 atom stereocenters. The second-order valence-corrected chi connectivity index (χ2v) is 2.99. The van der Waals surface area contributed by atoms with Gasteiger partial charge in [0.2, 0.25) is 0 Å². The summed E-state index contributed by atoms with van der Waals surface area (Å²) in [5.41, 5.74) is 0. The van der Waals surface area contributed by atoms with Gasteiger partial charge in [-0.3, -0.25) is 4.79 Å². The summed E-state index contributed by atoms with van der Waals surface area (Å²) in [5, 5.41) is 0. The van der Waals surface area contributed by atoms with Crippen molar-refractivity contribution in [3.05, 3.63) is 12.2 Å². The summed E-state index contributed by atoms with van der Waals surface area (Å²) >= 11 is 0. The summed E-state index contributed by atoms with van der Waals surface area (Å²) in [6.45, 7) is 4.74. The smallest absolute Gasteiger partial charge is 0.306 e. The van der Waals surface area contributed by atoms with Crippen LogP contribution in [0, 0.1) is 0 Å². The quantitative estimate of drug-likeness (QED) is 0.345. The van der Waals surface area contributed by atoms with Gasteiger partial charge in [0.15, 0.2) is 0 Å². The topological polar surface area (TPSA) is 26.3 Å². The average Bonchev–Trinajstić information content (AvgIpc) is 2.13. The van der Waals surface area contributed by atoms with E-state index in [2.05, 4.69) is 19.9 Å². The number of hydrogen-bond acceptors (Lipinski definition) is 2. The Bertz CT molecular complexity index is 150. The molecule has 0 aliphatic rings. The number of carbonyl (C=O) groups excluding carboxylic acids is 1. The van der Waals surface area contributed by atoms with Crippen LogP contribution >= 0.6 is 0 Å². The van der Waals surface area contributed by atoms with Crippen molar-refractivity contribution >= 4 is 5.97 Å². The maximum atomic E-state index is 11.0. The molecule has 2 nitrogen and oxygen atoms in total. The molecule has 0 amide bonds. The monoisotopic (exact) mass is 184 g/mol. The van der Waals surface area contributed by atoms with Crippen molar-refractivity contribution in [2.75, 3.05) is 6.61 Å². The van der Waals surface area contributed by atoms with Crippen molar-refractivity contribution in [3.63, 3.8) is 0 Å². The van der Waals surface area contributed by atoms with Crippen LogP contribution in [-0.2, 0) is 9.53 Å². The van der Waals surface area contributed by atoms with Crippen LogP contribution in [0.25, 0.3) is 0 Å². The van der Waals surface area contributed by atoms with Gasteiger partial charge in [-0.2, -0.15) is 0 Å². The zero-order valence-corrected chi connectivity index (χ0v) is 8.71. The number of esters is 1. The van der Waals surface area contributed by atoms with E-state index >= 15 is 0 Å². The molecule has 0 spiro atoms. The van der Waals surface area contributed by atoms with Gasteiger partial charge >= 0.3 is 5.97 Å².